The lowest BCUT2D eigenvalue weighted by molar-refractivity contribution is -0.113. The predicted octanol–water partition coefficient (Wildman–Crippen LogP) is 5.69. The third kappa shape index (κ3) is 5.01. The number of nitrogens with zero attached hydrogens (tertiary/aromatic N) is 3. The Bertz CT molecular complexity index is 1580. The van der Waals surface area contributed by atoms with Crippen LogP contribution in [0.15, 0.2) is 88.1 Å². The van der Waals surface area contributed by atoms with E-state index in [1.165, 1.54) is 39.8 Å². The maximum atomic E-state index is 13.3. The quantitative estimate of drug-likeness (QED) is 0.239. The number of halogens is 1. The van der Waals surface area contributed by atoms with Gasteiger partial charge in [0.25, 0.3) is 5.56 Å². The predicted molar refractivity (Wildman–Crippen MR) is 139 cm³/mol. The van der Waals surface area contributed by atoms with E-state index in [9.17, 15) is 14.0 Å². The van der Waals surface area contributed by atoms with Crippen LogP contribution >= 0.6 is 23.1 Å². The molecule has 0 unspecified atom stereocenters. The van der Waals surface area contributed by atoms with E-state index in [1.54, 1.807) is 35.7 Å². The summed E-state index contributed by atoms with van der Waals surface area (Å²) in [5.74, 6) is -0.545. The molecule has 0 aliphatic heterocycles. The molecule has 0 radical (unpaired) electrons. The maximum Gasteiger partial charge on any atom is 0.266 e. The van der Waals surface area contributed by atoms with Gasteiger partial charge in [-0.25, -0.2) is 14.4 Å². The molecule has 0 bridgehead atoms. The molecule has 5 aromatic rings. The largest absolute Gasteiger partial charge is 0.301 e. The molecule has 0 aliphatic carbocycles. The minimum Gasteiger partial charge on any atom is -0.301 e. The number of hydrogen-bond acceptors (Lipinski definition) is 6. The van der Waals surface area contributed by atoms with Crippen LogP contribution in [0.4, 0.5) is 9.52 Å². The number of rotatable bonds is 6. The van der Waals surface area contributed by atoms with E-state index in [4.69, 9.17) is 0 Å². The van der Waals surface area contributed by atoms with Crippen LogP contribution in [0.1, 0.15) is 5.56 Å². The van der Waals surface area contributed by atoms with Crippen LogP contribution in [0.2, 0.25) is 0 Å². The van der Waals surface area contributed by atoms with Crippen molar-refractivity contribution in [3.63, 3.8) is 0 Å². The maximum absolute atomic E-state index is 13.3. The molecular weight excluding hydrogens is 483 g/mol. The standard InChI is InChI=1S/C26H19FN4O2S2/c1-16-6-12-19(13-7-16)31-24(33)20-4-2-3-5-21(20)29-26(31)35-15-23(32)30-25-28-22(14-34-25)17-8-10-18(27)11-9-17/h2-14H,15H2,1H3,(H,28,30,32). The zero-order valence-corrected chi connectivity index (χ0v) is 20.2. The number of nitrogens with one attached hydrogen (secondary N) is 1. The second-order valence-electron chi connectivity index (χ2n) is 7.77. The zero-order valence-electron chi connectivity index (χ0n) is 18.6. The minimum atomic E-state index is -0.319. The third-order valence-electron chi connectivity index (χ3n) is 5.26. The monoisotopic (exact) mass is 502 g/mol. The topological polar surface area (TPSA) is 76.9 Å². The number of hydrogen-bond donors (Lipinski definition) is 1. The van der Waals surface area contributed by atoms with Crippen LogP contribution in [0.3, 0.4) is 0 Å². The Labute approximate surface area is 208 Å². The molecule has 2 aromatic heterocycles. The normalized spacial score (nSPS) is 11.0. The molecule has 9 heteroatoms. The molecule has 5 rings (SSSR count). The number of thiazole rings is 1. The first-order valence-electron chi connectivity index (χ1n) is 10.7. The molecular formula is C26H19FN4O2S2. The van der Waals surface area contributed by atoms with E-state index < -0.39 is 0 Å². The lowest BCUT2D eigenvalue weighted by atomic mass is 10.2. The highest BCUT2D eigenvalue weighted by Gasteiger charge is 2.16. The van der Waals surface area contributed by atoms with Crippen molar-refractivity contribution in [2.75, 3.05) is 11.1 Å². The second-order valence-corrected chi connectivity index (χ2v) is 9.57. The SMILES string of the molecule is Cc1ccc(-n2c(SCC(=O)Nc3nc(-c4ccc(F)cc4)cs3)nc3ccccc3c2=O)cc1. The van der Waals surface area contributed by atoms with Crippen molar-refractivity contribution in [2.24, 2.45) is 0 Å². The molecule has 35 heavy (non-hydrogen) atoms. The number of fused-ring (bicyclic) bond motifs is 1. The first-order chi connectivity index (χ1) is 17.0. The number of benzene rings is 3. The number of aryl methyl sites for hydroxylation is 1. The van der Waals surface area contributed by atoms with Gasteiger partial charge in [-0.3, -0.25) is 14.2 Å². The molecule has 6 nitrogen and oxygen atoms in total. The van der Waals surface area contributed by atoms with E-state index in [2.05, 4.69) is 15.3 Å². The van der Waals surface area contributed by atoms with Crippen molar-refractivity contribution < 1.29 is 9.18 Å². The average molecular weight is 503 g/mol. The van der Waals surface area contributed by atoms with Gasteiger partial charge in [0.05, 0.1) is 28.0 Å². The molecule has 1 N–H and O–H groups in total. The highest BCUT2D eigenvalue weighted by molar-refractivity contribution is 7.99. The van der Waals surface area contributed by atoms with Crippen LogP contribution in [0.25, 0.3) is 27.8 Å². The van der Waals surface area contributed by atoms with E-state index >= 15 is 0 Å². The fourth-order valence-corrected chi connectivity index (χ4v) is 5.05. The van der Waals surface area contributed by atoms with Crippen LogP contribution < -0.4 is 10.9 Å². The number of aromatic nitrogens is 3. The molecule has 0 fully saturated rings. The Kier molecular flexibility index (Phi) is 6.43. The molecule has 174 valence electrons. The summed E-state index contributed by atoms with van der Waals surface area (Å²) in [7, 11) is 0. The third-order valence-corrected chi connectivity index (χ3v) is 6.96. The van der Waals surface area contributed by atoms with Gasteiger partial charge in [-0.1, -0.05) is 41.6 Å². The van der Waals surface area contributed by atoms with Gasteiger partial charge in [0.1, 0.15) is 5.82 Å². The van der Waals surface area contributed by atoms with Gasteiger partial charge in [-0.05, 0) is 55.5 Å². The van der Waals surface area contributed by atoms with Crippen molar-refractivity contribution >= 4 is 45.0 Å². The molecule has 0 saturated heterocycles. The fraction of sp³-hybridized carbons (Fsp3) is 0.0769. The van der Waals surface area contributed by atoms with Crippen LogP contribution in [0, 0.1) is 12.7 Å². The first kappa shape index (κ1) is 22.9. The summed E-state index contributed by atoms with van der Waals surface area (Å²) in [6.45, 7) is 1.98. The van der Waals surface area contributed by atoms with Gasteiger partial charge in [-0.15, -0.1) is 11.3 Å². The summed E-state index contributed by atoms with van der Waals surface area (Å²) in [6.07, 6.45) is 0. The van der Waals surface area contributed by atoms with Crippen LogP contribution in [0.5, 0.6) is 0 Å². The minimum absolute atomic E-state index is 0.0438. The van der Waals surface area contributed by atoms with E-state index in [-0.39, 0.29) is 23.0 Å². The molecule has 0 saturated carbocycles. The molecule has 3 aromatic carbocycles. The van der Waals surface area contributed by atoms with Gasteiger partial charge in [0, 0.05) is 10.9 Å². The number of thioether (sulfide) groups is 1. The molecule has 0 aliphatic rings. The lowest BCUT2D eigenvalue weighted by Gasteiger charge is -2.13. The van der Waals surface area contributed by atoms with Gasteiger partial charge >= 0.3 is 0 Å². The highest BCUT2D eigenvalue weighted by Crippen LogP contribution is 2.26. The van der Waals surface area contributed by atoms with E-state index in [0.717, 1.165) is 11.1 Å². The number of carbonyl (C=O) groups excluding carboxylic acids is 1. The van der Waals surface area contributed by atoms with Crippen LogP contribution in [-0.2, 0) is 4.79 Å². The Morgan fingerprint density at radius 1 is 1.03 bits per heavy atom. The summed E-state index contributed by atoms with van der Waals surface area (Å²) < 4.78 is 14.7. The summed E-state index contributed by atoms with van der Waals surface area (Å²) >= 11 is 2.47. The van der Waals surface area contributed by atoms with Crippen molar-refractivity contribution in [1.82, 2.24) is 14.5 Å². The van der Waals surface area contributed by atoms with Crippen molar-refractivity contribution in [2.45, 2.75) is 12.1 Å². The Morgan fingerprint density at radius 3 is 2.54 bits per heavy atom. The Balaban J connectivity index is 1.37. The summed E-state index contributed by atoms with van der Waals surface area (Å²) in [5, 5.41) is 5.98. The second kappa shape index (κ2) is 9.81. The smallest absolute Gasteiger partial charge is 0.266 e. The molecule has 1 amide bonds. The summed E-state index contributed by atoms with van der Waals surface area (Å²) in [4.78, 5) is 35.1. The Hall–Kier alpha value is -3.82. The van der Waals surface area contributed by atoms with E-state index in [0.29, 0.717) is 32.6 Å². The number of para-hydroxylation sites is 1. The molecule has 0 spiro atoms. The van der Waals surface area contributed by atoms with Crippen molar-refractivity contribution in [3.8, 4) is 16.9 Å². The van der Waals surface area contributed by atoms with Crippen molar-refractivity contribution in [1.29, 1.82) is 0 Å². The average Bonchev–Trinajstić information content (AvgIpc) is 3.32. The number of carbonyl (C=O) groups is 1. The fourth-order valence-electron chi connectivity index (χ4n) is 3.50. The number of anilines is 1. The number of amides is 1. The van der Waals surface area contributed by atoms with Crippen molar-refractivity contribution in [3.05, 3.63) is 99.9 Å². The van der Waals surface area contributed by atoms with Gasteiger partial charge in [0.15, 0.2) is 10.3 Å². The molecule has 2 heterocycles. The van der Waals surface area contributed by atoms with Gasteiger partial charge in [-0.2, -0.15) is 0 Å². The summed E-state index contributed by atoms with van der Waals surface area (Å²) in [6, 6.07) is 20.8. The lowest BCUT2D eigenvalue weighted by Crippen LogP contribution is -2.23. The van der Waals surface area contributed by atoms with E-state index in [1.807, 2.05) is 37.3 Å². The Morgan fingerprint density at radius 2 is 1.77 bits per heavy atom. The van der Waals surface area contributed by atoms with Gasteiger partial charge < -0.3 is 5.32 Å². The van der Waals surface area contributed by atoms with Gasteiger partial charge in [0.2, 0.25) is 5.91 Å². The van der Waals surface area contributed by atoms with Crippen LogP contribution in [-0.4, -0.2) is 26.2 Å². The first-order valence-corrected chi connectivity index (χ1v) is 12.6. The highest BCUT2D eigenvalue weighted by atomic mass is 32.2. The molecule has 0 atom stereocenters. The zero-order chi connectivity index (χ0) is 24.4. The summed E-state index contributed by atoms with van der Waals surface area (Å²) in [5.41, 5.74) is 3.57.